The van der Waals surface area contributed by atoms with Crippen LogP contribution in [0.25, 0.3) is 0 Å². The molecule has 2 rings (SSSR count). The SMILES string of the molecule is N#CCCCC(NS(=O)(=O)c1ccccn1)c1ccccc1. The van der Waals surface area contributed by atoms with Crippen molar-refractivity contribution in [3.8, 4) is 6.07 Å². The Kier molecular flexibility index (Phi) is 5.64. The lowest BCUT2D eigenvalue weighted by molar-refractivity contribution is 0.528. The summed E-state index contributed by atoms with van der Waals surface area (Å²) in [6.07, 6.45) is 3.03. The van der Waals surface area contributed by atoms with Gasteiger partial charge in [0.25, 0.3) is 10.0 Å². The van der Waals surface area contributed by atoms with Crippen LogP contribution in [0, 0.1) is 11.3 Å². The Morgan fingerprint density at radius 2 is 1.86 bits per heavy atom. The van der Waals surface area contributed by atoms with E-state index in [9.17, 15) is 8.42 Å². The highest BCUT2D eigenvalue weighted by Gasteiger charge is 2.21. The number of hydrogen-bond acceptors (Lipinski definition) is 4. The van der Waals surface area contributed by atoms with Crippen molar-refractivity contribution in [3.05, 3.63) is 60.3 Å². The largest absolute Gasteiger partial charge is 0.258 e. The molecule has 6 heteroatoms. The molecule has 0 saturated heterocycles. The molecular formula is C16H17N3O2S. The van der Waals surface area contributed by atoms with Gasteiger partial charge in [0.1, 0.15) is 0 Å². The monoisotopic (exact) mass is 315 g/mol. The summed E-state index contributed by atoms with van der Waals surface area (Å²) in [7, 11) is -3.69. The fourth-order valence-corrected chi connectivity index (χ4v) is 3.32. The minimum Gasteiger partial charge on any atom is -0.243 e. The minimum atomic E-state index is -3.69. The Morgan fingerprint density at radius 1 is 1.14 bits per heavy atom. The van der Waals surface area contributed by atoms with Gasteiger partial charge in [-0.25, -0.2) is 18.1 Å². The lowest BCUT2D eigenvalue weighted by Gasteiger charge is -2.18. The third-order valence-electron chi connectivity index (χ3n) is 3.19. The van der Waals surface area contributed by atoms with Crippen molar-refractivity contribution in [3.63, 3.8) is 0 Å². The van der Waals surface area contributed by atoms with Crippen molar-refractivity contribution < 1.29 is 8.42 Å². The molecule has 0 aliphatic carbocycles. The molecule has 0 fully saturated rings. The van der Waals surface area contributed by atoms with Crippen molar-refractivity contribution in [1.29, 1.82) is 5.26 Å². The Balaban J connectivity index is 2.21. The molecule has 0 saturated carbocycles. The van der Waals surface area contributed by atoms with Gasteiger partial charge < -0.3 is 0 Å². The van der Waals surface area contributed by atoms with Crippen molar-refractivity contribution in [2.24, 2.45) is 0 Å². The molecule has 0 bridgehead atoms. The Bertz CT molecular complexity index is 725. The molecule has 0 spiro atoms. The van der Waals surface area contributed by atoms with Gasteiger partial charge in [0.15, 0.2) is 5.03 Å². The van der Waals surface area contributed by atoms with E-state index in [1.807, 2.05) is 30.3 Å². The Morgan fingerprint density at radius 3 is 2.50 bits per heavy atom. The maximum atomic E-state index is 12.4. The lowest BCUT2D eigenvalue weighted by Crippen LogP contribution is -2.29. The van der Waals surface area contributed by atoms with Gasteiger partial charge in [0.2, 0.25) is 0 Å². The second kappa shape index (κ2) is 7.69. The number of sulfonamides is 1. The number of nitrogens with zero attached hydrogens (tertiary/aromatic N) is 2. The maximum Gasteiger partial charge on any atom is 0.258 e. The topological polar surface area (TPSA) is 82.9 Å². The summed E-state index contributed by atoms with van der Waals surface area (Å²) in [6, 6.07) is 15.8. The first-order chi connectivity index (χ1) is 10.6. The normalized spacial score (nSPS) is 12.5. The molecule has 1 aromatic carbocycles. The number of pyridine rings is 1. The molecular weight excluding hydrogens is 298 g/mol. The Labute approximate surface area is 130 Å². The molecule has 1 aromatic heterocycles. The third kappa shape index (κ3) is 4.38. The van der Waals surface area contributed by atoms with Crippen molar-refractivity contribution in [2.45, 2.75) is 30.3 Å². The zero-order valence-electron chi connectivity index (χ0n) is 12.0. The molecule has 2 aromatic rings. The van der Waals surface area contributed by atoms with E-state index in [2.05, 4.69) is 15.8 Å². The van der Waals surface area contributed by atoms with E-state index in [0.29, 0.717) is 19.3 Å². The van der Waals surface area contributed by atoms with Gasteiger partial charge in [-0.05, 0) is 30.5 Å². The van der Waals surface area contributed by atoms with Gasteiger partial charge in [-0.15, -0.1) is 0 Å². The predicted octanol–water partition coefficient (Wildman–Crippen LogP) is 2.80. The number of nitrogens with one attached hydrogen (secondary N) is 1. The molecule has 5 nitrogen and oxygen atoms in total. The van der Waals surface area contributed by atoms with Crippen LogP contribution >= 0.6 is 0 Å². The van der Waals surface area contributed by atoms with Gasteiger partial charge in [-0.1, -0.05) is 36.4 Å². The molecule has 0 radical (unpaired) electrons. The molecule has 1 N–H and O–H groups in total. The van der Waals surface area contributed by atoms with Crippen LogP contribution in [0.3, 0.4) is 0 Å². The van der Waals surface area contributed by atoms with Crippen LogP contribution < -0.4 is 4.72 Å². The van der Waals surface area contributed by atoms with E-state index < -0.39 is 10.0 Å². The quantitative estimate of drug-likeness (QED) is 0.796. The number of hydrogen-bond donors (Lipinski definition) is 1. The predicted molar refractivity (Wildman–Crippen MR) is 83.2 cm³/mol. The smallest absolute Gasteiger partial charge is 0.243 e. The molecule has 114 valence electrons. The molecule has 22 heavy (non-hydrogen) atoms. The summed E-state index contributed by atoms with van der Waals surface area (Å²) in [5.41, 5.74) is 0.875. The summed E-state index contributed by atoms with van der Waals surface area (Å²) in [4.78, 5) is 3.89. The highest BCUT2D eigenvalue weighted by atomic mass is 32.2. The molecule has 0 aliphatic heterocycles. The summed E-state index contributed by atoms with van der Waals surface area (Å²) >= 11 is 0. The van der Waals surface area contributed by atoms with E-state index >= 15 is 0 Å². The summed E-state index contributed by atoms with van der Waals surface area (Å²) in [5.74, 6) is 0. The van der Waals surface area contributed by atoms with Crippen molar-refractivity contribution in [1.82, 2.24) is 9.71 Å². The zero-order chi connectivity index (χ0) is 15.8. The summed E-state index contributed by atoms with van der Waals surface area (Å²) in [6.45, 7) is 0. The summed E-state index contributed by atoms with van der Waals surface area (Å²) < 4.78 is 27.5. The van der Waals surface area contributed by atoms with Crippen molar-refractivity contribution >= 4 is 10.0 Å². The Hall–Kier alpha value is -2.23. The standard InChI is InChI=1S/C16H17N3O2S/c17-12-6-4-10-15(14-8-2-1-3-9-14)19-22(20,21)16-11-5-7-13-18-16/h1-3,5,7-9,11,13,15,19H,4,6,10H2. The second-order valence-electron chi connectivity index (χ2n) is 4.80. The van der Waals surface area contributed by atoms with Gasteiger partial charge in [-0.2, -0.15) is 5.26 Å². The number of benzene rings is 1. The van der Waals surface area contributed by atoms with Gasteiger partial charge in [-0.3, -0.25) is 0 Å². The van der Waals surface area contributed by atoms with Gasteiger partial charge in [0.05, 0.1) is 6.07 Å². The molecule has 1 unspecified atom stereocenters. The first-order valence-corrected chi connectivity index (χ1v) is 8.47. The molecule has 1 atom stereocenters. The van der Waals surface area contributed by atoms with Crippen molar-refractivity contribution in [2.75, 3.05) is 0 Å². The van der Waals surface area contributed by atoms with Gasteiger partial charge >= 0.3 is 0 Å². The average molecular weight is 315 g/mol. The number of nitriles is 1. The fraction of sp³-hybridized carbons (Fsp3) is 0.250. The summed E-state index contributed by atoms with van der Waals surface area (Å²) in [5, 5.41) is 8.66. The first-order valence-electron chi connectivity index (χ1n) is 6.99. The maximum absolute atomic E-state index is 12.4. The van der Waals surface area contributed by atoms with Crippen LogP contribution in [0.5, 0.6) is 0 Å². The van der Waals surface area contributed by atoms with Crippen LogP contribution in [0.4, 0.5) is 0 Å². The highest BCUT2D eigenvalue weighted by molar-refractivity contribution is 7.89. The van der Waals surface area contributed by atoms with Crippen LogP contribution in [0.15, 0.2) is 59.8 Å². The fourth-order valence-electron chi connectivity index (χ4n) is 2.12. The van der Waals surface area contributed by atoms with E-state index in [0.717, 1.165) is 5.56 Å². The van der Waals surface area contributed by atoms with Crippen LogP contribution in [-0.4, -0.2) is 13.4 Å². The van der Waals surface area contributed by atoms with Crippen LogP contribution in [0.1, 0.15) is 30.9 Å². The first kappa shape index (κ1) is 16.1. The highest BCUT2D eigenvalue weighted by Crippen LogP contribution is 2.21. The number of rotatable bonds is 7. The van der Waals surface area contributed by atoms with Gasteiger partial charge in [0, 0.05) is 18.7 Å². The molecule has 0 aliphatic rings. The van der Waals surface area contributed by atoms with Crippen LogP contribution in [0.2, 0.25) is 0 Å². The van der Waals surface area contributed by atoms with E-state index in [4.69, 9.17) is 5.26 Å². The minimum absolute atomic E-state index is 0.00351. The number of aromatic nitrogens is 1. The average Bonchev–Trinajstić information content (AvgIpc) is 2.56. The zero-order valence-corrected chi connectivity index (χ0v) is 12.8. The third-order valence-corrected chi connectivity index (χ3v) is 4.58. The second-order valence-corrected chi connectivity index (χ2v) is 6.46. The van der Waals surface area contributed by atoms with Crippen LogP contribution in [-0.2, 0) is 10.0 Å². The number of unbranched alkanes of at least 4 members (excludes halogenated alkanes) is 1. The lowest BCUT2D eigenvalue weighted by atomic mass is 10.0. The molecule has 1 heterocycles. The molecule has 0 amide bonds. The van der Waals surface area contributed by atoms with E-state index in [1.165, 1.54) is 12.3 Å². The van der Waals surface area contributed by atoms with E-state index in [1.54, 1.807) is 12.1 Å². The van der Waals surface area contributed by atoms with E-state index in [-0.39, 0.29) is 11.1 Å².